The number of hydrogen-bond donors (Lipinski definition) is 2. The molecule has 128 valence electrons. The van der Waals surface area contributed by atoms with Crippen LogP contribution in [0.2, 0.25) is 0 Å². The fourth-order valence-corrected chi connectivity index (χ4v) is 2.56. The average Bonchev–Trinajstić information content (AvgIpc) is 2.64. The SMILES string of the molecule is Cc1cccc(OCC(O)CNC(=O)c2ccnc3ccccc23)c1. The molecule has 0 fully saturated rings. The molecule has 0 spiro atoms. The van der Waals surface area contributed by atoms with Gasteiger partial charge < -0.3 is 15.2 Å². The number of aryl methyl sites for hydroxylation is 1. The summed E-state index contributed by atoms with van der Waals surface area (Å²) in [5, 5.41) is 13.6. The molecule has 0 saturated heterocycles. The molecule has 25 heavy (non-hydrogen) atoms. The van der Waals surface area contributed by atoms with Crippen LogP contribution in [0.1, 0.15) is 15.9 Å². The first-order valence-electron chi connectivity index (χ1n) is 8.13. The lowest BCUT2D eigenvalue weighted by Gasteiger charge is -2.14. The smallest absolute Gasteiger partial charge is 0.252 e. The first-order valence-corrected chi connectivity index (χ1v) is 8.13. The van der Waals surface area contributed by atoms with Crippen molar-refractivity contribution in [3.63, 3.8) is 0 Å². The van der Waals surface area contributed by atoms with Gasteiger partial charge in [-0.1, -0.05) is 30.3 Å². The van der Waals surface area contributed by atoms with Crippen molar-refractivity contribution in [2.45, 2.75) is 13.0 Å². The van der Waals surface area contributed by atoms with Crippen LogP contribution in [0.5, 0.6) is 5.75 Å². The van der Waals surface area contributed by atoms with Gasteiger partial charge in [-0.3, -0.25) is 9.78 Å². The molecular formula is C20H20N2O3. The number of ether oxygens (including phenoxy) is 1. The molecular weight excluding hydrogens is 316 g/mol. The van der Waals surface area contributed by atoms with E-state index in [1.165, 1.54) is 0 Å². The van der Waals surface area contributed by atoms with Crippen LogP contribution in [0.4, 0.5) is 0 Å². The van der Waals surface area contributed by atoms with E-state index >= 15 is 0 Å². The second kappa shape index (κ2) is 7.77. The molecule has 3 aromatic rings. The Hall–Kier alpha value is -2.92. The first-order chi connectivity index (χ1) is 12.1. The Morgan fingerprint density at radius 1 is 1.20 bits per heavy atom. The summed E-state index contributed by atoms with van der Waals surface area (Å²) in [6, 6.07) is 16.7. The predicted molar refractivity (Wildman–Crippen MR) is 96.8 cm³/mol. The molecule has 2 N–H and O–H groups in total. The van der Waals surface area contributed by atoms with E-state index in [1.807, 2.05) is 55.5 Å². The highest BCUT2D eigenvalue weighted by Crippen LogP contribution is 2.16. The number of aliphatic hydroxyl groups excluding tert-OH is 1. The normalized spacial score (nSPS) is 11.9. The van der Waals surface area contributed by atoms with E-state index in [2.05, 4.69) is 10.3 Å². The highest BCUT2D eigenvalue weighted by Gasteiger charge is 2.12. The Kier molecular flexibility index (Phi) is 5.26. The minimum Gasteiger partial charge on any atom is -0.491 e. The second-order valence-electron chi connectivity index (χ2n) is 5.87. The molecule has 5 nitrogen and oxygen atoms in total. The van der Waals surface area contributed by atoms with Gasteiger partial charge in [0.2, 0.25) is 0 Å². The standard InChI is InChI=1S/C20H20N2O3/c1-14-5-4-6-16(11-14)25-13-15(23)12-22-20(24)18-9-10-21-19-8-3-2-7-17(18)19/h2-11,15,23H,12-13H2,1H3,(H,22,24). The molecule has 0 bridgehead atoms. The predicted octanol–water partition coefficient (Wildman–Crippen LogP) is 2.71. The molecule has 2 aromatic carbocycles. The Balaban J connectivity index is 1.56. The minimum atomic E-state index is -0.794. The molecule has 1 heterocycles. The van der Waals surface area contributed by atoms with E-state index in [0.717, 1.165) is 16.5 Å². The van der Waals surface area contributed by atoms with Gasteiger partial charge in [0.05, 0.1) is 11.1 Å². The van der Waals surface area contributed by atoms with Crippen molar-refractivity contribution in [3.8, 4) is 5.75 Å². The zero-order valence-electron chi connectivity index (χ0n) is 14.0. The fourth-order valence-electron chi connectivity index (χ4n) is 2.56. The van der Waals surface area contributed by atoms with Crippen molar-refractivity contribution in [2.24, 2.45) is 0 Å². The van der Waals surface area contributed by atoms with Crippen LogP contribution >= 0.6 is 0 Å². The van der Waals surface area contributed by atoms with Crippen LogP contribution in [0.25, 0.3) is 10.9 Å². The largest absolute Gasteiger partial charge is 0.491 e. The topological polar surface area (TPSA) is 71.5 Å². The first kappa shape index (κ1) is 16.9. The summed E-state index contributed by atoms with van der Waals surface area (Å²) in [4.78, 5) is 16.6. The highest BCUT2D eigenvalue weighted by molar-refractivity contribution is 6.05. The lowest BCUT2D eigenvalue weighted by molar-refractivity contribution is 0.0845. The Labute approximate surface area is 146 Å². The molecule has 0 aliphatic rings. The number of aromatic nitrogens is 1. The lowest BCUT2D eigenvalue weighted by Crippen LogP contribution is -2.35. The Morgan fingerprint density at radius 3 is 2.88 bits per heavy atom. The summed E-state index contributed by atoms with van der Waals surface area (Å²) < 4.78 is 5.55. The maximum absolute atomic E-state index is 12.4. The number of hydrogen-bond acceptors (Lipinski definition) is 4. The van der Waals surface area contributed by atoms with Crippen molar-refractivity contribution < 1.29 is 14.6 Å². The Bertz CT molecular complexity index is 874. The monoisotopic (exact) mass is 336 g/mol. The zero-order chi connectivity index (χ0) is 17.6. The number of para-hydroxylation sites is 1. The summed E-state index contributed by atoms with van der Waals surface area (Å²) in [7, 11) is 0. The van der Waals surface area contributed by atoms with E-state index in [0.29, 0.717) is 11.3 Å². The number of amides is 1. The van der Waals surface area contributed by atoms with Gasteiger partial charge in [0.15, 0.2) is 0 Å². The molecule has 0 aliphatic heterocycles. The number of benzene rings is 2. The molecule has 0 saturated carbocycles. The van der Waals surface area contributed by atoms with Crippen LogP contribution in [0, 0.1) is 6.92 Å². The molecule has 1 amide bonds. The molecule has 3 rings (SSSR count). The minimum absolute atomic E-state index is 0.112. The number of carbonyl (C=O) groups is 1. The van der Waals surface area contributed by atoms with E-state index in [-0.39, 0.29) is 19.1 Å². The van der Waals surface area contributed by atoms with Gasteiger partial charge >= 0.3 is 0 Å². The number of rotatable bonds is 6. The maximum atomic E-state index is 12.4. The van der Waals surface area contributed by atoms with Crippen molar-refractivity contribution in [1.82, 2.24) is 10.3 Å². The molecule has 1 aromatic heterocycles. The van der Waals surface area contributed by atoms with Crippen LogP contribution in [-0.4, -0.2) is 35.3 Å². The van der Waals surface area contributed by atoms with E-state index in [4.69, 9.17) is 4.74 Å². The van der Waals surface area contributed by atoms with Gasteiger partial charge in [0.1, 0.15) is 18.5 Å². The number of aliphatic hydroxyl groups is 1. The maximum Gasteiger partial charge on any atom is 0.252 e. The number of carbonyl (C=O) groups excluding carboxylic acids is 1. The van der Waals surface area contributed by atoms with Crippen LogP contribution < -0.4 is 10.1 Å². The summed E-state index contributed by atoms with van der Waals surface area (Å²) in [5.74, 6) is 0.457. The number of pyridine rings is 1. The Morgan fingerprint density at radius 2 is 2.04 bits per heavy atom. The van der Waals surface area contributed by atoms with E-state index < -0.39 is 6.10 Å². The number of nitrogens with zero attached hydrogens (tertiary/aromatic N) is 1. The van der Waals surface area contributed by atoms with Gasteiger partial charge in [0, 0.05) is 18.1 Å². The van der Waals surface area contributed by atoms with Gasteiger partial charge in [-0.25, -0.2) is 0 Å². The van der Waals surface area contributed by atoms with Crippen LogP contribution in [-0.2, 0) is 0 Å². The lowest BCUT2D eigenvalue weighted by atomic mass is 10.1. The zero-order valence-corrected chi connectivity index (χ0v) is 14.0. The summed E-state index contributed by atoms with van der Waals surface area (Å²) in [6.45, 7) is 2.20. The number of fused-ring (bicyclic) bond motifs is 1. The van der Waals surface area contributed by atoms with Gasteiger partial charge in [-0.15, -0.1) is 0 Å². The quantitative estimate of drug-likeness (QED) is 0.726. The second-order valence-corrected chi connectivity index (χ2v) is 5.87. The third-order valence-corrected chi connectivity index (χ3v) is 3.82. The van der Waals surface area contributed by atoms with Crippen LogP contribution in [0.15, 0.2) is 60.8 Å². The molecule has 1 unspecified atom stereocenters. The molecule has 0 aliphatic carbocycles. The number of nitrogens with one attached hydrogen (secondary N) is 1. The summed E-state index contributed by atoms with van der Waals surface area (Å²) in [6.07, 6.45) is 0.812. The fraction of sp³-hybridized carbons (Fsp3) is 0.200. The van der Waals surface area contributed by atoms with Crippen molar-refractivity contribution in [1.29, 1.82) is 0 Å². The van der Waals surface area contributed by atoms with Gasteiger partial charge in [0.25, 0.3) is 5.91 Å². The van der Waals surface area contributed by atoms with Crippen molar-refractivity contribution in [2.75, 3.05) is 13.2 Å². The summed E-state index contributed by atoms with van der Waals surface area (Å²) >= 11 is 0. The average molecular weight is 336 g/mol. The molecule has 0 radical (unpaired) electrons. The van der Waals surface area contributed by atoms with Crippen molar-refractivity contribution >= 4 is 16.8 Å². The van der Waals surface area contributed by atoms with Crippen LogP contribution in [0.3, 0.4) is 0 Å². The van der Waals surface area contributed by atoms with E-state index in [9.17, 15) is 9.90 Å². The molecule has 5 heteroatoms. The van der Waals surface area contributed by atoms with E-state index in [1.54, 1.807) is 12.3 Å². The molecule has 1 atom stereocenters. The van der Waals surface area contributed by atoms with Crippen molar-refractivity contribution in [3.05, 3.63) is 71.9 Å². The third kappa shape index (κ3) is 4.33. The highest BCUT2D eigenvalue weighted by atomic mass is 16.5. The van der Waals surface area contributed by atoms with Gasteiger partial charge in [-0.2, -0.15) is 0 Å². The summed E-state index contributed by atoms with van der Waals surface area (Å²) in [5.41, 5.74) is 2.39. The third-order valence-electron chi connectivity index (χ3n) is 3.82. The van der Waals surface area contributed by atoms with Gasteiger partial charge in [-0.05, 0) is 36.8 Å².